The van der Waals surface area contributed by atoms with Gasteiger partial charge in [0.15, 0.2) is 18.3 Å². The van der Waals surface area contributed by atoms with Crippen LogP contribution in [0, 0.1) is 0 Å². The molecule has 106 valence electrons. The Morgan fingerprint density at radius 1 is 1.05 bits per heavy atom. The summed E-state index contributed by atoms with van der Waals surface area (Å²) in [5, 5.41) is 0. The van der Waals surface area contributed by atoms with Gasteiger partial charge in [-0.05, 0) is 6.08 Å². The summed E-state index contributed by atoms with van der Waals surface area (Å²) < 4.78 is 20.1. The first-order valence-electron chi connectivity index (χ1n) is 5.70. The van der Waals surface area contributed by atoms with Crippen LogP contribution >= 0.6 is 0 Å². The lowest BCUT2D eigenvalue weighted by Gasteiger charge is -2.32. The third-order valence-corrected chi connectivity index (χ3v) is 2.27. The van der Waals surface area contributed by atoms with Gasteiger partial charge in [-0.25, -0.2) is 0 Å². The number of carbonyl (C=O) groups excluding carboxylic acids is 3. The van der Waals surface area contributed by atoms with Crippen LogP contribution in [0.4, 0.5) is 0 Å². The summed E-state index contributed by atoms with van der Waals surface area (Å²) in [4.78, 5) is 32.9. The van der Waals surface area contributed by atoms with Crippen molar-refractivity contribution in [2.24, 2.45) is 0 Å². The molecule has 1 unspecified atom stereocenters. The first-order chi connectivity index (χ1) is 8.90. The SMILES string of the molecule is CC(=O)OCC1OC=C[C@H](OC(C)=O)[C@H]1OC(C)=O. The molecule has 1 aliphatic rings. The smallest absolute Gasteiger partial charge is 0.303 e. The van der Waals surface area contributed by atoms with Crippen LogP contribution in [0.3, 0.4) is 0 Å². The van der Waals surface area contributed by atoms with E-state index in [1.807, 2.05) is 0 Å². The Hall–Kier alpha value is -2.05. The van der Waals surface area contributed by atoms with E-state index in [1.54, 1.807) is 0 Å². The predicted octanol–water partition coefficient (Wildman–Crippen LogP) is 0.325. The van der Waals surface area contributed by atoms with E-state index in [-0.39, 0.29) is 6.61 Å². The lowest BCUT2D eigenvalue weighted by atomic mass is 10.1. The summed E-state index contributed by atoms with van der Waals surface area (Å²) in [5.74, 6) is -1.54. The fraction of sp³-hybridized carbons (Fsp3) is 0.583. The van der Waals surface area contributed by atoms with Gasteiger partial charge in [0.1, 0.15) is 6.61 Å². The van der Waals surface area contributed by atoms with Crippen molar-refractivity contribution in [2.45, 2.75) is 39.1 Å². The van der Waals surface area contributed by atoms with Crippen molar-refractivity contribution in [1.29, 1.82) is 0 Å². The van der Waals surface area contributed by atoms with Gasteiger partial charge in [-0.15, -0.1) is 0 Å². The van der Waals surface area contributed by atoms with Crippen LogP contribution in [0.15, 0.2) is 12.3 Å². The largest absolute Gasteiger partial charge is 0.491 e. The lowest BCUT2D eigenvalue weighted by molar-refractivity contribution is -0.178. The molecule has 0 radical (unpaired) electrons. The third-order valence-electron chi connectivity index (χ3n) is 2.27. The zero-order chi connectivity index (χ0) is 14.4. The molecule has 3 atom stereocenters. The van der Waals surface area contributed by atoms with Crippen molar-refractivity contribution in [3.63, 3.8) is 0 Å². The van der Waals surface area contributed by atoms with E-state index >= 15 is 0 Å². The second-order valence-electron chi connectivity index (χ2n) is 3.95. The van der Waals surface area contributed by atoms with Crippen LogP contribution < -0.4 is 0 Å². The molecule has 0 fully saturated rings. The molecule has 19 heavy (non-hydrogen) atoms. The molecule has 0 N–H and O–H groups in total. The Labute approximate surface area is 110 Å². The van der Waals surface area contributed by atoms with E-state index in [1.165, 1.54) is 33.1 Å². The van der Waals surface area contributed by atoms with Gasteiger partial charge in [-0.2, -0.15) is 0 Å². The lowest BCUT2D eigenvalue weighted by Crippen LogP contribution is -2.47. The van der Waals surface area contributed by atoms with Gasteiger partial charge in [-0.1, -0.05) is 0 Å². The van der Waals surface area contributed by atoms with Gasteiger partial charge in [0.05, 0.1) is 6.26 Å². The minimum atomic E-state index is -0.856. The number of hydrogen-bond acceptors (Lipinski definition) is 7. The minimum Gasteiger partial charge on any atom is -0.491 e. The average molecular weight is 272 g/mol. The van der Waals surface area contributed by atoms with Gasteiger partial charge in [0.25, 0.3) is 0 Å². The summed E-state index contributed by atoms with van der Waals surface area (Å²) in [6, 6.07) is 0. The molecule has 0 aromatic heterocycles. The number of ether oxygens (including phenoxy) is 4. The molecule has 0 bridgehead atoms. The molecule has 0 amide bonds. The first-order valence-corrected chi connectivity index (χ1v) is 5.70. The van der Waals surface area contributed by atoms with Crippen LogP contribution in [-0.4, -0.2) is 42.8 Å². The molecule has 0 spiro atoms. The Morgan fingerprint density at radius 3 is 2.21 bits per heavy atom. The van der Waals surface area contributed by atoms with Gasteiger partial charge in [-0.3, -0.25) is 14.4 Å². The molecular formula is C12H16O7. The highest BCUT2D eigenvalue weighted by Crippen LogP contribution is 2.19. The molecule has 0 saturated heterocycles. The highest BCUT2D eigenvalue weighted by atomic mass is 16.6. The topological polar surface area (TPSA) is 88.1 Å². The first kappa shape index (κ1) is 15.0. The highest BCUT2D eigenvalue weighted by Gasteiger charge is 2.37. The van der Waals surface area contributed by atoms with Gasteiger partial charge in [0, 0.05) is 20.8 Å². The van der Waals surface area contributed by atoms with E-state index in [0.717, 1.165) is 0 Å². The Bertz CT molecular complexity index is 388. The van der Waals surface area contributed by atoms with Crippen molar-refractivity contribution >= 4 is 17.9 Å². The van der Waals surface area contributed by atoms with E-state index in [4.69, 9.17) is 18.9 Å². The third kappa shape index (κ3) is 4.99. The highest BCUT2D eigenvalue weighted by molar-refractivity contribution is 5.68. The van der Waals surface area contributed by atoms with E-state index in [2.05, 4.69) is 0 Å². The zero-order valence-electron chi connectivity index (χ0n) is 11.0. The zero-order valence-corrected chi connectivity index (χ0v) is 11.0. The summed E-state index contributed by atoms with van der Waals surface area (Å²) >= 11 is 0. The van der Waals surface area contributed by atoms with Crippen molar-refractivity contribution < 1.29 is 33.3 Å². The Morgan fingerprint density at radius 2 is 1.68 bits per heavy atom. The molecular weight excluding hydrogens is 256 g/mol. The van der Waals surface area contributed by atoms with Gasteiger partial charge < -0.3 is 18.9 Å². The standard InChI is InChI=1S/C12H16O7/c1-7(13)17-6-11-12(19-9(3)15)10(4-5-16-11)18-8(2)14/h4-5,10-12H,6H2,1-3H3/t10-,11?,12+/m0/s1. The van der Waals surface area contributed by atoms with E-state index in [9.17, 15) is 14.4 Å². The fourth-order valence-corrected chi connectivity index (χ4v) is 1.59. The Balaban J connectivity index is 2.77. The summed E-state index contributed by atoms with van der Waals surface area (Å²) in [7, 11) is 0. The van der Waals surface area contributed by atoms with E-state index < -0.39 is 36.2 Å². The number of carbonyl (C=O) groups is 3. The molecule has 7 nitrogen and oxygen atoms in total. The second kappa shape index (κ2) is 6.77. The molecule has 0 aromatic carbocycles. The Kier molecular flexibility index (Phi) is 5.35. The summed E-state index contributed by atoms with van der Waals surface area (Å²) in [5.41, 5.74) is 0. The van der Waals surface area contributed by atoms with Crippen LogP contribution in [0.5, 0.6) is 0 Å². The van der Waals surface area contributed by atoms with E-state index in [0.29, 0.717) is 0 Å². The van der Waals surface area contributed by atoms with Crippen LogP contribution in [0.25, 0.3) is 0 Å². The molecule has 1 rings (SSSR count). The summed E-state index contributed by atoms with van der Waals surface area (Å²) in [6.45, 7) is 3.62. The average Bonchev–Trinajstić information content (AvgIpc) is 2.28. The monoisotopic (exact) mass is 272 g/mol. The molecule has 1 aliphatic heterocycles. The fourth-order valence-electron chi connectivity index (χ4n) is 1.59. The normalized spacial score (nSPS) is 25.1. The molecule has 0 saturated carbocycles. The maximum absolute atomic E-state index is 11.1. The van der Waals surface area contributed by atoms with Crippen molar-refractivity contribution in [2.75, 3.05) is 6.61 Å². The molecule has 7 heteroatoms. The molecule has 0 aromatic rings. The summed E-state index contributed by atoms with van der Waals surface area (Å²) in [6.07, 6.45) is 0.435. The van der Waals surface area contributed by atoms with Gasteiger partial charge in [0.2, 0.25) is 0 Å². The van der Waals surface area contributed by atoms with Gasteiger partial charge >= 0.3 is 17.9 Å². The van der Waals surface area contributed by atoms with Crippen LogP contribution in [0.2, 0.25) is 0 Å². The maximum atomic E-state index is 11.1. The second-order valence-corrected chi connectivity index (χ2v) is 3.95. The number of esters is 3. The van der Waals surface area contributed by atoms with Crippen LogP contribution in [0.1, 0.15) is 20.8 Å². The quantitative estimate of drug-likeness (QED) is 0.538. The number of rotatable bonds is 4. The van der Waals surface area contributed by atoms with Crippen molar-refractivity contribution in [1.82, 2.24) is 0 Å². The van der Waals surface area contributed by atoms with Crippen LogP contribution in [-0.2, 0) is 33.3 Å². The van der Waals surface area contributed by atoms with Crippen molar-refractivity contribution in [3.05, 3.63) is 12.3 Å². The molecule has 1 heterocycles. The predicted molar refractivity (Wildman–Crippen MR) is 61.8 cm³/mol. The van der Waals surface area contributed by atoms with Crippen molar-refractivity contribution in [3.8, 4) is 0 Å². The maximum Gasteiger partial charge on any atom is 0.303 e. The minimum absolute atomic E-state index is 0.102. The molecule has 0 aliphatic carbocycles. The number of hydrogen-bond donors (Lipinski definition) is 0.